The van der Waals surface area contributed by atoms with E-state index in [2.05, 4.69) is 18.7 Å². The lowest BCUT2D eigenvalue weighted by Crippen LogP contribution is -2.37. The summed E-state index contributed by atoms with van der Waals surface area (Å²) in [7, 11) is 0. The first kappa shape index (κ1) is 17.9. The molecule has 0 aliphatic heterocycles. The molecule has 0 atom stereocenters. The quantitative estimate of drug-likeness (QED) is 0.534. The molecule has 0 aromatic heterocycles. The molecule has 0 unspecified atom stereocenters. The molecule has 1 fully saturated rings. The Bertz CT molecular complexity index is 221. The average Bonchev–Trinajstić information content (AvgIpc) is 2.92. The van der Waals surface area contributed by atoms with Crippen molar-refractivity contribution in [2.24, 2.45) is 5.92 Å². The second kappa shape index (κ2) is 10.6. The summed E-state index contributed by atoms with van der Waals surface area (Å²) in [6, 6.07) is 0.803. The highest BCUT2D eigenvalue weighted by Gasteiger charge is 2.23. The lowest BCUT2D eigenvalue weighted by atomic mass is 10.1. The van der Waals surface area contributed by atoms with Crippen LogP contribution in [0.25, 0.3) is 0 Å². The summed E-state index contributed by atoms with van der Waals surface area (Å²) in [6.45, 7) is 12.5. The Balaban J connectivity index is 2.40. The second-order valence-corrected chi connectivity index (χ2v) is 6.29. The molecule has 3 heteroatoms. The fourth-order valence-electron chi connectivity index (χ4n) is 3.03. The first-order chi connectivity index (χ1) is 9.67. The van der Waals surface area contributed by atoms with Crippen molar-refractivity contribution in [3.8, 4) is 0 Å². The number of hydrogen-bond donors (Lipinski definition) is 0. The molecule has 0 saturated heterocycles. The minimum absolute atomic E-state index is 0.0204. The van der Waals surface area contributed by atoms with Crippen LogP contribution in [-0.4, -0.2) is 43.5 Å². The molecule has 1 rings (SSSR count). The molecular formula is C17H35NO2. The van der Waals surface area contributed by atoms with E-state index in [4.69, 9.17) is 9.47 Å². The maximum absolute atomic E-state index is 5.67. The van der Waals surface area contributed by atoms with E-state index in [1.54, 1.807) is 0 Å². The highest BCUT2D eigenvalue weighted by Crippen LogP contribution is 2.24. The third-order valence-electron chi connectivity index (χ3n) is 4.19. The predicted octanol–water partition coefficient (Wildman–Crippen LogP) is 4.07. The van der Waals surface area contributed by atoms with Gasteiger partial charge < -0.3 is 14.4 Å². The molecule has 120 valence electrons. The second-order valence-electron chi connectivity index (χ2n) is 6.29. The van der Waals surface area contributed by atoms with Crippen LogP contribution < -0.4 is 0 Å². The van der Waals surface area contributed by atoms with Crippen molar-refractivity contribution >= 4 is 0 Å². The molecule has 1 saturated carbocycles. The van der Waals surface area contributed by atoms with E-state index in [0.29, 0.717) is 0 Å². The van der Waals surface area contributed by atoms with E-state index in [-0.39, 0.29) is 6.29 Å². The maximum Gasteiger partial charge on any atom is 0.158 e. The van der Waals surface area contributed by atoms with Crippen LogP contribution in [0.1, 0.15) is 66.2 Å². The van der Waals surface area contributed by atoms with Gasteiger partial charge in [-0.15, -0.1) is 0 Å². The molecule has 0 spiro atoms. The number of hydrogen-bond acceptors (Lipinski definition) is 3. The van der Waals surface area contributed by atoms with Gasteiger partial charge in [-0.25, -0.2) is 0 Å². The molecule has 0 aromatic carbocycles. The summed E-state index contributed by atoms with van der Waals surface area (Å²) in [5.41, 5.74) is 0. The van der Waals surface area contributed by atoms with Gasteiger partial charge in [0, 0.05) is 32.2 Å². The Hall–Kier alpha value is -0.120. The zero-order valence-corrected chi connectivity index (χ0v) is 14.1. The Labute approximate surface area is 126 Å². The van der Waals surface area contributed by atoms with Gasteiger partial charge in [-0.05, 0) is 45.6 Å². The molecule has 0 amide bonds. The maximum atomic E-state index is 5.67. The third-order valence-corrected chi connectivity index (χ3v) is 4.19. The van der Waals surface area contributed by atoms with Crippen molar-refractivity contribution < 1.29 is 9.47 Å². The van der Waals surface area contributed by atoms with Gasteiger partial charge in [0.1, 0.15) is 0 Å². The topological polar surface area (TPSA) is 21.7 Å². The Kier molecular flexibility index (Phi) is 9.49. The molecule has 1 aliphatic rings. The van der Waals surface area contributed by atoms with Crippen LogP contribution in [0.15, 0.2) is 0 Å². The summed E-state index contributed by atoms with van der Waals surface area (Å²) in [6.07, 6.45) is 7.85. The van der Waals surface area contributed by atoms with Gasteiger partial charge in [0.15, 0.2) is 6.29 Å². The zero-order chi connectivity index (χ0) is 14.8. The van der Waals surface area contributed by atoms with Crippen LogP contribution in [-0.2, 0) is 9.47 Å². The van der Waals surface area contributed by atoms with E-state index in [0.717, 1.165) is 38.1 Å². The summed E-state index contributed by atoms with van der Waals surface area (Å²) in [5.74, 6) is 0.786. The molecule has 0 aromatic rings. The van der Waals surface area contributed by atoms with Gasteiger partial charge in [0.25, 0.3) is 0 Å². The molecule has 0 heterocycles. The average molecular weight is 285 g/mol. The Morgan fingerprint density at radius 3 is 2.00 bits per heavy atom. The van der Waals surface area contributed by atoms with Crippen molar-refractivity contribution in [3.63, 3.8) is 0 Å². The summed E-state index contributed by atoms with van der Waals surface area (Å²) in [5, 5.41) is 0. The molecule has 0 radical (unpaired) electrons. The molecule has 3 nitrogen and oxygen atoms in total. The van der Waals surface area contributed by atoms with Gasteiger partial charge >= 0.3 is 0 Å². The molecular weight excluding hydrogens is 250 g/mol. The van der Waals surface area contributed by atoms with Crippen LogP contribution >= 0.6 is 0 Å². The summed E-state index contributed by atoms with van der Waals surface area (Å²) < 4.78 is 11.3. The molecule has 0 bridgehead atoms. The van der Waals surface area contributed by atoms with E-state index in [9.17, 15) is 0 Å². The van der Waals surface area contributed by atoms with E-state index >= 15 is 0 Å². The number of nitrogens with zero attached hydrogens (tertiary/aromatic N) is 1. The molecule has 20 heavy (non-hydrogen) atoms. The van der Waals surface area contributed by atoms with Crippen LogP contribution in [0, 0.1) is 5.92 Å². The summed E-state index contributed by atoms with van der Waals surface area (Å²) in [4.78, 5) is 2.69. The fraction of sp³-hybridized carbons (Fsp3) is 1.00. The normalized spacial score (nSPS) is 16.9. The first-order valence-electron chi connectivity index (χ1n) is 8.64. The van der Waals surface area contributed by atoms with Gasteiger partial charge in [-0.2, -0.15) is 0 Å². The third kappa shape index (κ3) is 7.05. The van der Waals surface area contributed by atoms with Crippen molar-refractivity contribution in [1.82, 2.24) is 4.90 Å². The van der Waals surface area contributed by atoms with Crippen molar-refractivity contribution in [2.45, 2.75) is 78.6 Å². The van der Waals surface area contributed by atoms with Gasteiger partial charge in [0.2, 0.25) is 0 Å². The van der Waals surface area contributed by atoms with Crippen molar-refractivity contribution in [3.05, 3.63) is 0 Å². The first-order valence-corrected chi connectivity index (χ1v) is 8.64. The van der Waals surface area contributed by atoms with E-state index in [1.165, 1.54) is 38.6 Å². The standard InChI is InChI=1S/C17H35NO2/c1-5-19-17(20-6-2)12-14-18(13-11-15(3)4)16-9-7-8-10-16/h15-17H,5-14H2,1-4H3. The summed E-state index contributed by atoms with van der Waals surface area (Å²) >= 11 is 0. The van der Waals surface area contributed by atoms with Gasteiger partial charge in [-0.3, -0.25) is 0 Å². The van der Waals surface area contributed by atoms with Crippen LogP contribution in [0.4, 0.5) is 0 Å². The minimum Gasteiger partial charge on any atom is -0.353 e. The molecule has 1 aliphatic carbocycles. The predicted molar refractivity (Wildman–Crippen MR) is 84.9 cm³/mol. The van der Waals surface area contributed by atoms with Crippen molar-refractivity contribution in [2.75, 3.05) is 26.3 Å². The van der Waals surface area contributed by atoms with Crippen LogP contribution in [0.2, 0.25) is 0 Å². The number of ether oxygens (including phenoxy) is 2. The van der Waals surface area contributed by atoms with Crippen LogP contribution in [0.3, 0.4) is 0 Å². The highest BCUT2D eigenvalue weighted by atomic mass is 16.7. The van der Waals surface area contributed by atoms with E-state index in [1.807, 2.05) is 13.8 Å². The largest absolute Gasteiger partial charge is 0.353 e. The monoisotopic (exact) mass is 285 g/mol. The number of rotatable bonds is 11. The SMILES string of the molecule is CCOC(CCN(CCC(C)C)C1CCCC1)OCC. The minimum atomic E-state index is -0.0204. The van der Waals surface area contributed by atoms with Crippen LogP contribution in [0.5, 0.6) is 0 Å². The fourth-order valence-corrected chi connectivity index (χ4v) is 3.03. The lowest BCUT2D eigenvalue weighted by molar-refractivity contribution is -0.142. The Morgan fingerprint density at radius 1 is 0.950 bits per heavy atom. The zero-order valence-electron chi connectivity index (χ0n) is 14.1. The lowest BCUT2D eigenvalue weighted by Gasteiger charge is -2.31. The van der Waals surface area contributed by atoms with Gasteiger partial charge in [0.05, 0.1) is 0 Å². The van der Waals surface area contributed by atoms with Gasteiger partial charge in [-0.1, -0.05) is 26.7 Å². The van der Waals surface area contributed by atoms with E-state index < -0.39 is 0 Å². The Morgan fingerprint density at radius 2 is 1.50 bits per heavy atom. The smallest absolute Gasteiger partial charge is 0.158 e. The highest BCUT2D eigenvalue weighted by molar-refractivity contribution is 4.78. The van der Waals surface area contributed by atoms with Crippen molar-refractivity contribution in [1.29, 1.82) is 0 Å². The molecule has 0 N–H and O–H groups in total.